The molecule has 25 heavy (non-hydrogen) atoms. The zero-order valence-electron chi connectivity index (χ0n) is 13.7. The Bertz CT molecular complexity index is 682. The Morgan fingerprint density at radius 2 is 2.08 bits per heavy atom. The van der Waals surface area contributed by atoms with Gasteiger partial charge in [0.1, 0.15) is 12.4 Å². The molecular formula is C17H20FN3O4. The summed E-state index contributed by atoms with van der Waals surface area (Å²) in [5, 5.41) is 15.0. The van der Waals surface area contributed by atoms with Gasteiger partial charge in [-0.25, -0.2) is 14.2 Å². The van der Waals surface area contributed by atoms with Crippen LogP contribution in [0.2, 0.25) is 0 Å². The summed E-state index contributed by atoms with van der Waals surface area (Å²) in [5.41, 5.74) is 0.582. The Kier molecular flexibility index (Phi) is 7.12. The van der Waals surface area contributed by atoms with Crippen LogP contribution in [0.25, 0.3) is 0 Å². The van der Waals surface area contributed by atoms with Crippen LogP contribution in [0.15, 0.2) is 42.6 Å². The van der Waals surface area contributed by atoms with Crippen molar-refractivity contribution in [2.75, 3.05) is 32.2 Å². The fourth-order valence-electron chi connectivity index (χ4n) is 1.99. The number of pyridine rings is 1. The molecule has 7 nitrogen and oxygen atoms in total. The Morgan fingerprint density at radius 1 is 1.28 bits per heavy atom. The highest BCUT2D eigenvalue weighted by Crippen LogP contribution is 2.16. The number of aliphatic hydroxyl groups excluding tert-OH is 1. The van der Waals surface area contributed by atoms with Crippen LogP contribution in [0.3, 0.4) is 0 Å². The normalized spacial score (nSPS) is 11.6. The molecule has 0 bridgehead atoms. The van der Waals surface area contributed by atoms with Gasteiger partial charge >= 0.3 is 6.03 Å². The number of halogens is 1. The van der Waals surface area contributed by atoms with E-state index in [-0.39, 0.29) is 12.1 Å². The van der Waals surface area contributed by atoms with E-state index in [1.54, 1.807) is 25.3 Å². The van der Waals surface area contributed by atoms with Crippen molar-refractivity contribution < 1.29 is 23.8 Å². The van der Waals surface area contributed by atoms with Crippen LogP contribution >= 0.6 is 0 Å². The molecule has 0 saturated carbocycles. The number of hydrogen-bond acceptors (Lipinski definition) is 5. The molecule has 2 amide bonds. The zero-order valence-corrected chi connectivity index (χ0v) is 13.7. The van der Waals surface area contributed by atoms with Gasteiger partial charge in [0.25, 0.3) is 0 Å². The molecule has 2 rings (SSSR count). The highest BCUT2D eigenvalue weighted by Gasteiger charge is 2.13. The number of nitrogens with one attached hydrogen (secondary N) is 2. The molecule has 1 aromatic heterocycles. The lowest BCUT2D eigenvalue weighted by Gasteiger charge is -2.13. The highest BCUT2D eigenvalue weighted by molar-refractivity contribution is 5.89. The lowest BCUT2D eigenvalue weighted by atomic mass is 10.1. The fraction of sp³-hybridized carbons (Fsp3) is 0.294. The molecular weight excluding hydrogens is 329 g/mol. The number of aliphatic hydroxyl groups is 1. The second-order valence-corrected chi connectivity index (χ2v) is 5.10. The molecule has 0 unspecified atom stereocenters. The summed E-state index contributed by atoms with van der Waals surface area (Å²) in [5.74, 6) is -0.108. The van der Waals surface area contributed by atoms with Crippen LogP contribution in [0.5, 0.6) is 5.88 Å². The van der Waals surface area contributed by atoms with E-state index in [1.165, 1.54) is 24.4 Å². The monoisotopic (exact) mass is 349 g/mol. The first-order valence-corrected chi connectivity index (χ1v) is 7.65. The lowest BCUT2D eigenvalue weighted by Crippen LogP contribution is -2.32. The molecule has 0 fully saturated rings. The average molecular weight is 349 g/mol. The maximum atomic E-state index is 13.5. The van der Waals surface area contributed by atoms with Crippen molar-refractivity contribution in [2.24, 2.45) is 0 Å². The Hall–Kier alpha value is -2.71. The van der Waals surface area contributed by atoms with Crippen LogP contribution < -0.4 is 15.4 Å². The largest absolute Gasteiger partial charge is 0.475 e. The molecule has 0 aliphatic carbocycles. The third-order valence-corrected chi connectivity index (χ3v) is 3.25. The van der Waals surface area contributed by atoms with Gasteiger partial charge in [-0.05, 0) is 12.1 Å². The number of nitrogens with zero attached hydrogens (tertiary/aromatic N) is 1. The van der Waals surface area contributed by atoms with Crippen molar-refractivity contribution in [1.29, 1.82) is 0 Å². The van der Waals surface area contributed by atoms with Crippen molar-refractivity contribution in [2.45, 2.75) is 6.10 Å². The molecule has 1 atom stereocenters. The van der Waals surface area contributed by atoms with Gasteiger partial charge in [-0.1, -0.05) is 18.2 Å². The summed E-state index contributed by atoms with van der Waals surface area (Å²) < 4.78 is 23.7. The van der Waals surface area contributed by atoms with E-state index in [4.69, 9.17) is 9.47 Å². The van der Waals surface area contributed by atoms with Crippen molar-refractivity contribution in [1.82, 2.24) is 10.3 Å². The van der Waals surface area contributed by atoms with Crippen molar-refractivity contribution in [3.63, 3.8) is 0 Å². The number of amides is 2. The third-order valence-electron chi connectivity index (χ3n) is 3.25. The number of hydrogen-bond donors (Lipinski definition) is 3. The van der Waals surface area contributed by atoms with Crippen LogP contribution in [-0.4, -0.2) is 43.0 Å². The van der Waals surface area contributed by atoms with E-state index in [0.717, 1.165) is 0 Å². The average Bonchev–Trinajstić information content (AvgIpc) is 2.62. The van der Waals surface area contributed by atoms with Crippen molar-refractivity contribution >= 4 is 11.7 Å². The minimum atomic E-state index is -1.14. The fourth-order valence-corrected chi connectivity index (χ4v) is 1.99. The molecule has 134 valence electrons. The number of benzene rings is 1. The topological polar surface area (TPSA) is 92.7 Å². The van der Waals surface area contributed by atoms with Gasteiger partial charge in [-0.3, -0.25) is 0 Å². The number of anilines is 1. The number of rotatable bonds is 8. The van der Waals surface area contributed by atoms with Gasteiger partial charge in [0.15, 0.2) is 0 Å². The molecule has 0 saturated heterocycles. The predicted octanol–water partition coefficient (Wildman–Crippen LogP) is 2.10. The molecule has 8 heteroatoms. The minimum absolute atomic E-state index is 0.127. The van der Waals surface area contributed by atoms with Gasteiger partial charge in [0, 0.05) is 25.3 Å². The first kappa shape index (κ1) is 18.6. The Balaban J connectivity index is 1.79. The first-order valence-electron chi connectivity index (χ1n) is 7.65. The highest BCUT2D eigenvalue weighted by atomic mass is 19.1. The first-order chi connectivity index (χ1) is 12.1. The van der Waals surface area contributed by atoms with E-state index in [1.807, 2.05) is 0 Å². The summed E-state index contributed by atoms with van der Waals surface area (Å²) in [6, 6.07) is 8.56. The molecule has 0 aliphatic heterocycles. The number of aromatic nitrogens is 1. The van der Waals surface area contributed by atoms with E-state index in [9.17, 15) is 14.3 Å². The maximum absolute atomic E-state index is 13.5. The van der Waals surface area contributed by atoms with Crippen LogP contribution in [0.4, 0.5) is 14.9 Å². The molecule has 2 aromatic rings. The van der Waals surface area contributed by atoms with Gasteiger partial charge < -0.3 is 25.2 Å². The SMILES string of the molecule is COCCOc1ccc(NC(=O)NC[C@@H](O)c2ccccc2F)cn1. The van der Waals surface area contributed by atoms with Crippen molar-refractivity contribution in [3.8, 4) is 5.88 Å². The van der Waals surface area contributed by atoms with Gasteiger partial charge in [-0.15, -0.1) is 0 Å². The van der Waals surface area contributed by atoms with Crippen LogP contribution in [-0.2, 0) is 4.74 Å². The molecule has 1 heterocycles. The lowest BCUT2D eigenvalue weighted by molar-refractivity contribution is 0.144. The van der Waals surface area contributed by atoms with E-state index in [2.05, 4.69) is 15.6 Å². The quantitative estimate of drug-likeness (QED) is 0.635. The molecule has 0 radical (unpaired) electrons. The number of methoxy groups -OCH3 is 1. The number of carbonyl (C=O) groups is 1. The summed E-state index contributed by atoms with van der Waals surface area (Å²) in [6.07, 6.45) is 0.302. The summed E-state index contributed by atoms with van der Waals surface area (Å²) in [4.78, 5) is 15.9. The molecule has 0 aliphatic rings. The van der Waals surface area contributed by atoms with Gasteiger partial charge in [-0.2, -0.15) is 0 Å². The molecule has 1 aromatic carbocycles. The summed E-state index contributed by atoms with van der Waals surface area (Å²) in [6.45, 7) is 0.706. The minimum Gasteiger partial charge on any atom is -0.475 e. The van der Waals surface area contributed by atoms with E-state index < -0.39 is 18.0 Å². The summed E-state index contributed by atoms with van der Waals surface area (Å²) >= 11 is 0. The molecule has 3 N–H and O–H groups in total. The Morgan fingerprint density at radius 3 is 2.76 bits per heavy atom. The number of urea groups is 1. The third kappa shape index (κ3) is 6.02. The van der Waals surface area contributed by atoms with E-state index in [0.29, 0.717) is 24.8 Å². The van der Waals surface area contributed by atoms with Crippen molar-refractivity contribution in [3.05, 3.63) is 54.0 Å². The number of carbonyl (C=O) groups excluding carboxylic acids is 1. The second-order valence-electron chi connectivity index (χ2n) is 5.10. The summed E-state index contributed by atoms with van der Waals surface area (Å²) in [7, 11) is 1.57. The predicted molar refractivity (Wildman–Crippen MR) is 90.0 cm³/mol. The zero-order chi connectivity index (χ0) is 18.1. The van der Waals surface area contributed by atoms with Gasteiger partial charge in [0.2, 0.25) is 5.88 Å². The second kappa shape index (κ2) is 9.55. The van der Waals surface area contributed by atoms with Crippen LogP contribution in [0.1, 0.15) is 11.7 Å². The number of ether oxygens (including phenoxy) is 2. The standard InChI is InChI=1S/C17H20FN3O4/c1-24-8-9-25-16-7-6-12(10-19-16)21-17(23)20-11-15(22)13-4-2-3-5-14(13)18/h2-7,10,15,22H,8-9,11H2,1H3,(H2,20,21,23)/t15-/m1/s1. The molecule has 0 spiro atoms. The maximum Gasteiger partial charge on any atom is 0.319 e. The van der Waals surface area contributed by atoms with Crippen LogP contribution in [0, 0.1) is 5.82 Å². The Labute approximate surface area is 144 Å². The smallest absolute Gasteiger partial charge is 0.319 e. The van der Waals surface area contributed by atoms with E-state index >= 15 is 0 Å². The van der Waals surface area contributed by atoms with Gasteiger partial charge in [0.05, 0.1) is 24.6 Å².